The number of rotatable bonds is 4. The van der Waals surface area contributed by atoms with E-state index in [1.54, 1.807) is 0 Å². The average molecular weight is 592 g/mol. The van der Waals surface area contributed by atoms with E-state index in [-0.39, 0.29) is 50.9 Å². The molecule has 1 atom stereocenters. The summed E-state index contributed by atoms with van der Waals surface area (Å²) in [5.41, 5.74) is 0.282. The normalized spacial score (nSPS) is 21.6. The van der Waals surface area contributed by atoms with Gasteiger partial charge in [-0.25, -0.2) is 18.2 Å². The molecule has 6 heterocycles. The minimum atomic E-state index is -1.13. The van der Waals surface area contributed by atoms with E-state index in [0.29, 0.717) is 56.1 Å². The molecule has 0 radical (unpaired) electrons. The molecule has 4 aliphatic rings. The zero-order valence-electron chi connectivity index (χ0n) is 23.7. The Morgan fingerprint density at radius 1 is 0.977 bits per heavy atom. The second kappa shape index (κ2) is 10.2. The fraction of sp³-hybridized carbons (Fsp3) is 0.469. The Morgan fingerprint density at radius 2 is 1.81 bits per heavy atom. The number of ether oxygens (including phenoxy) is 2. The van der Waals surface area contributed by atoms with Gasteiger partial charge in [-0.05, 0) is 81.6 Å². The number of phenolic OH excluding ortho intramolecular Hbond substituents is 1. The van der Waals surface area contributed by atoms with Crippen LogP contribution in [0.5, 0.6) is 11.8 Å². The van der Waals surface area contributed by atoms with Crippen LogP contribution in [0.4, 0.5) is 19.0 Å². The van der Waals surface area contributed by atoms with E-state index in [1.165, 1.54) is 18.2 Å². The van der Waals surface area contributed by atoms with Crippen molar-refractivity contribution in [2.24, 2.45) is 0 Å². The molecule has 2 aromatic heterocycles. The molecule has 2 aromatic carbocycles. The molecule has 0 amide bonds. The van der Waals surface area contributed by atoms with Crippen molar-refractivity contribution in [3.05, 3.63) is 47.4 Å². The lowest BCUT2D eigenvalue weighted by molar-refractivity contribution is 0.108. The minimum Gasteiger partial charge on any atom is -0.508 e. The highest BCUT2D eigenvalue weighted by atomic mass is 19.2. The van der Waals surface area contributed by atoms with Crippen LogP contribution in [0.3, 0.4) is 0 Å². The summed E-state index contributed by atoms with van der Waals surface area (Å²) in [5, 5.41) is 11.1. The Morgan fingerprint density at radius 3 is 2.65 bits per heavy atom. The average Bonchev–Trinajstić information content (AvgIpc) is 3.44. The van der Waals surface area contributed by atoms with Gasteiger partial charge < -0.3 is 19.5 Å². The van der Waals surface area contributed by atoms with Gasteiger partial charge in [-0.1, -0.05) is 6.07 Å². The van der Waals surface area contributed by atoms with Gasteiger partial charge in [-0.15, -0.1) is 0 Å². The highest BCUT2D eigenvalue weighted by Crippen LogP contribution is 2.43. The summed E-state index contributed by atoms with van der Waals surface area (Å²) in [6.07, 6.45) is 6.27. The molecule has 3 fully saturated rings. The van der Waals surface area contributed by atoms with E-state index in [2.05, 4.69) is 14.8 Å². The Bertz CT molecular complexity index is 1760. The van der Waals surface area contributed by atoms with Crippen LogP contribution in [-0.2, 0) is 11.2 Å². The number of aromatic hydroxyl groups is 1. The molecule has 1 unspecified atom stereocenters. The van der Waals surface area contributed by atoms with Crippen molar-refractivity contribution < 1.29 is 27.8 Å². The van der Waals surface area contributed by atoms with Crippen LogP contribution >= 0.6 is 0 Å². The third-order valence-electron chi connectivity index (χ3n) is 9.77. The molecular formula is C32H32F3N5O3. The first-order valence-electron chi connectivity index (χ1n) is 15.2. The van der Waals surface area contributed by atoms with Crippen molar-refractivity contribution in [3.63, 3.8) is 0 Å². The predicted octanol–water partition coefficient (Wildman–Crippen LogP) is 5.52. The number of anilines is 1. The van der Waals surface area contributed by atoms with Gasteiger partial charge in [0.1, 0.15) is 29.4 Å². The fourth-order valence-corrected chi connectivity index (χ4v) is 7.71. The Hall–Kier alpha value is -3.70. The lowest BCUT2D eigenvalue weighted by atomic mass is 9.95. The number of hydrogen-bond donors (Lipinski definition) is 1. The first-order chi connectivity index (χ1) is 20.9. The summed E-state index contributed by atoms with van der Waals surface area (Å²) in [7, 11) is 0. The summed E-state index contributed by atoms with van der Waals surface area (Å²) in [6, 6.07) is 4.96. The van der Waals surface area contributed by atoms with Crippen LogP contribution < -0.4 is 9.64 Å². The summed E-state index contributed by atoms with van der Waals surface area (Å²) in [4.78, 5) is 18.9. The van der Waals surface area contributed by atoms with Crippen molar-refractivity contribution in [1.29, 1.82) is 0 Å². The molecule has 0 spiro atoms. The van der Waals surface area contributed by atoms with Gasteiger partial charge in [-0.3, -0.25) is 4.90 Å². The Kier molecular flexibility index (Phi) is 6.38. The van der Waals surface area contributed by atoms with Gasteiger partial charge in [0, 0.05) is 24.1 Å². The van der Waals surface area contributed by atoms with Gasteiger partial charge >= 0.3 is 6.01 Å². The maximum absolute atomic E-state index is 16.8. The number of pyridine rings is 1. The van der Waals surface area contributed by atoms with Gasteiger partial charge in [0.15, 0.2) is 17.5 Å². The van der Waals surface area contributed by atoms with Crippen LogP contribution in [0.15, 0.2) is 24.3 Å². The highest BCUT2D eigenvalue weighted by molar-refractivity contribution is 6.01. The molecular weight excluding hydrogens is 559 g/mol. The van der Waals surface area contributed by atoms with Crippen LogP contribution in [0.25, 0.3) is 32.9 Å². The number of benzene rings is 2. The summed E-state index contributed by atoms with van der Waals surface area (Å²) in [5.74, 6) is -2.65. The standard InChI is InChI=1S/C32H32F3N5O3/c33-22-6-4-18-14-20(41)15-21(24(18)26(22)34)28-27(35)29-25-23(36-28)7-5-19-16-42-13-3-12-40(19)30(25)38-31(37-29)43-17-32-8-1-10-39(32)11-2-9-32/h4,6,14-15,19,41H,1-3,5,7-13,16-17H2. The molecule has 1 N–H and O–H groups in total. The minimum absolute atomic E-state index is 0.000973. The zero-order chi connectivity index (χ0) is 29.3. The molecule has 0 bridgehead atoms. The predicted molar refractivity (Wildman–Crippen MR) is 155 cm³/mol. The molecule has 0 saturated carbocycles. The van der Waals surface area contributed by atoms with E-state index in [9.17, 15) is 9.50 Å². The van der Waals surface area contributed by atoms with Crippen molar-refractivity contribution in [2.75, 3.05) is 44.4 Å². The molecule has 3 saturated heterocycles. The molecule has 8 nitrogen and oxygen atoms in total. The summed E-state index contributed by atoms with van der Waals surface area (Å²) >= 11 is 0. The number of fused-ring (bicyclic) bond motifs is 4. The van der Waals surface area contributed by atoms with Crippen LogP contribution in [0.1, 0.15) is 44.2 Å². The molecule has 11 heteroatoms. The number of phenols is 1. The third kappa shape index (κ3) is 4.30. The first-order valence-corrected chi connectivity index (χ1v) is 15.2. The quantitative estimate of drug-likeness (QED) is 0.333. The second-order valence-electron chi connectivity index (χ2n) is 12.2. The maximum Gasteiger partial charge on any atom is 0.319 e. The maximum atomic E-state index is 16.8. The molecule has 4 aromatic rings. The van der Waals surface area contributed by atoms with Gasteiger partial charge in [0.25, 0.3) is 0 Å². The lowest BCUT2D eigenvalue weighted by Gasteiger charge is -2.32. The smallest absolute Gasteiger partial charge is 0.319 e. The zero-order valence-corrected chi connectivity index (χ0v) is 23.7. The van der Waals surface area contributed by atoms with Crippen LogP contribution in [-0.4, -0.2) is 76.0 Å². The number of nitrogens with zero attached hydrogens (tertiary/aromatic N) is 5. The topological polar surface area (TPSA) is 83.8 Å². The molecule has 8 rings (SSSR count). The van der Waals surface area contributed by atoms with E-state index in [1.807, 2.05) is 0 Å². The molecule has 0 aliphatic carbocycles. The monoisotopic (exact) mass is 591 g/mol. The molecule has 224 valence electrons. The SMILES string of the molecule is Oc1cc(-c2nc3c4c(nc(OCC56CCCN5CCC6)nc4c2F)N2CCCOCC2CC3)c2c(F)c(F)ccc2c1. The highest BCUT2D eigenvalue weighted by Gasteiger charge is 2.45. The Balaban J connectivity index is 1.33. The van der Waals surface area contributed by atoms with E-state index in [0.717, 1.165) is 51.3 Å². The fourth-order valence-electron chi connectivity index (χ4n) is 7.71. The number of halogens is 3. The summed E-state index contributed by atoms with van der Waals surface area (Å²) < 4.78 is 58.6. The largest absolute Gasteiger partial charge is 0.508 e. The number of aromatic nitrogens is 3. The van der Waals surface area contributed by atoms with Crippen molar-refractivity contribution in [1.82, 2.24) is 19.9 Å². The molecule has 43 heavy (non-hydrogen) atoms. The van der Waals surface area contributed by atoms with Crippen molar-refractivity contribution >= 4 is 27.5 Å². The van der Waals surface area contributed by atoms with Gasteiger partial charge in [0.05, 0.1) is 29.3 Å². The van der Waals surface area contributed by atoms with Crippen molar-refractivity contribution in [3.8, 4) is 23.0 Å². The van der Waals surface area contributed by atoms with E-state index >= 15 is 8.78 Å². The second-order valence-corrected chi connectivity index (χ2v) is 12.2. The summed E-state index contributed by atoms with van der Waals surface area (Å²) in [6.45, 7) is 4.32. The number of aryl methyl sites for hydroxylation is 1. The first kappa shape index (κ1) is 26.9. The lowest BCUT2D eigenvalue weighted by Crippen LogP contribution is -2.43. The van der Waals surface area contributed by atoms with Crippen LogP contribution in [0.2, 0.25) is 0 Å². The third-order valence-corrected chi connectivity index (χ3v) is 9.77. The van der Waals surface area contributed by atoms with Crippen molar-refractivity contribution in [2.45, 2.75) is 56.5 Å². The van der Waals surface area contributed by atoms with Crippen LogP contribution in [0, 0.1) is 17.5 Å². The van der Waals surface area contributed by atoms with E-state index < -0.39 is 17.5 Å². The molecule has 4 aliphatic heterocycles. The Labute approximate surface area is 246 Å². The number of hydrogen-bond acceptors (Lipinski definition) is 8. The van der Waals surface area contributed by atoms with Gasteiger partial charge in [0.2, 0.25) is 0 Å². The van der Waals surface area contributed by atoms with E-state index in [4.69, 9.17) is 19.4 Å². The van der Waals surface area contributed by atoms with Gasteiger partial charge in [-0.2, -0.15) is 9.97 Å².